The van der Waals surface area contributed by atoms with Crippen LogP contribution in [0.3, 0.4) is 0 Å². The summed E-state index contributed by atoms with van der Waals surface area (Å²) in [6.45, 7) is 6.48. The van der Waals surface area contributed by atoms with Gasteiger partial charge in [0.1, 0.15) is 4.34 Å². The van der Waals surface area contributed by atoms with E-state index in [9.17, 15) is 0 Å². The SMILES string of the molecule is CC1(c2ncc(Cl)s2)CCN([C@H]2CCOC2)CC1. The number of hydrogen-bond donors (Lipinski definition) is 0. The molecule has 2 aliphatic heterocycles. The molecule has 2 aliphatic rings. The van der Waals surface area contributed by atoms with Crippen LogP contribution in [0.25, 0.3) is 0 Å². The quantitative estimate of drug-likeness (QED) is 0.836. The molecular formula is C13H19ClN2OS. The lowest BCUT2D eigenvalue weighted by atomic mass is 9.80. The van der Waals surface area contributed by atoms with Gasteiger partial charge in [0.25, 0.3) is 0 Å². The monoisotopic (exact) mass is 286 g/mol. The highest BCUT2D eigenvalue weighted by atomic mass is 35.5. The van der Waals surface area contributed by atoms with E-state index >= 15 is 0 Å². The zero-order chi connectivity index (χ0) is 12.6. The Bertz CT molecular complexity index is 409. The molecular weight excluding hydrogens is 268 g/mol. The van der Waals surface area contributed by atoms with Crippen molar-refractivity contribution in [1.82, 2.24) is 9.88 Å². The Kier molecular flexibility index (Phi) is 3.63. The topological polar surface area (TPSA) is 25.4 Å². The second-order valence-corrected chi connectivity index (χ2v) is 7.25. The smallest absolute Gasteiger partial charge is 0.113 e. The van der Waals surface area contributed by atoms with Crippen molar-refractivity contribution in [1.29, 1.82) is 0 Å². The molecule has 0 aliphatic carbocycles. The van der Waals surface area contributed by atoms with Crippen molar-refractivity contribution >= 4 is 22.9 Å². The largest absolute Gasteiger partial charge is 0.380 e. The molecule has 1 aromatic heterocycles. The molecule has 3 heterocycles. The summed E-state index contributed by atoms with van der Waals surface area (Å²) in [6, 6.07) is 0.648. The van der Waals surface area contributed by atoms with Gasteiger partial charge in [-0.15, -0.1) is 11.3 Å². The van der Waals surface area contributed by atoms with Crippen molar-refractivity contribution in [2.75, 3.05) is 26.3 Å². The van der Waals surface area contributed by atoms with Crippen LogP contribution in [0.1, 0.15) is 31.2 Å². The van der Waals surface area contributed by atoms with Crippen LogP contribution >= 0.6 is 22.9 Å². The van der Waals surface area contributed by atoms with Crippen molar-refractivity contribution in [3.63, 3.8) is 0 Å². The molecule has 3 nitrogen and oxygen atoms in total. The molecule has 18 heavy (non-hydrogen) atoms. The van der Waals surface area contributed by atoms with Gasteiger partial charge >= 0.3 is 0 Å². The summed E-state index contributed by atoms with van der Waals surface area (Å²) in [5.41, 5.74) is 0.216. The molecule has 0 spiro atoms. The summed E-state index contributed by atoms with van der Waals surface area (Å²) in [4.78, 5) is 7.06. The lowest BCUT2D eigenvalue weighted by molar-refractivity contribution is 0.102. The summed E-state index contributed by atoms with van der Waals surface area (Å²) in [5.74, 6) is 0. The predicted molar refractivity (Wildman–Crippen MR) is 74.5 cm³/mol. The van der Waals surface area contributed by atoms with Gasteiger partial charge in [0.05, 0.1) is 17.8 Å². The summed E-state index contributed by atoms with van der Waals surface area (Å²) in [5, 5.41) is 1.20. The third-order valence-corrected chi connectivity index (χ3v) is 5.74. The maximum atomic E-state index is 6.00. The van der Waals surface area contributed by atoms with Gasteiger partial charge in [-0.05, 0) is 32.4 Å². The van der Waals surface area contributed by atoms with Crippen LogP contribution in [-0.2, 0) is 10.2 Å². The number of halogens is 1. The van der Waals surface area contributed by atoms with E-state index in [1.54, 1.807) is 17.5 Å². The fourth-order valence-electron chi connectivity index (χ4n) is 2.94. The van der Waals surface area contributed by atoms with Crippen LogP contribution in [0, 0.1) is 0 Å². The minimum atomic E-state index is 0.216. The van der Waals surface area contributed by atoms with E-state index < -0.39 is 0 Å². The van der Waals surface area contributed by atoms with Gasteiger partial charge in [0.15, 0.2) is 0 Å². The molecule has 0 N–H and O–H groups in total. The van der Waals surface area contributed by atoms with E-state index in [0.29, 0.717) is 6.04 Å². The average molecular weight is 287 g/mol. The average Bonchev–Trinajstić information content (AvgIpc) is 3.01. The van der Waals surface area contributed by atoms with Crippen LogP contribution in [0.4, 0.5) is 0 Å². The Hall–Kier alpha value is -0.160. The molecule has 0 radical (unpaired) electrons. The standard InChI is InChI=1S/C13H19ClN2OS/c1-13(12-15-8-11(14)18-12)3-5-16(6-4-13)10-2-7-17-9-10/h8,10H,2-7,9H2,1H3/t10-/m0/s1. The molecule has 1 aromatic rings. The van der Waals surface area contributed by atoms with Crippen molar-refractivity contribution in [2.45, 2.75) is 37.6 Å². The van der Waals surface area contributed by atoms with E-state index in [4.69, 9.17) is 16.3 Å². The fraction of sp³-hybridized carbons (Fsp3) is 0.769. The second kappa shape index (κ2) is 5.08. The number of ether oxygens (including phenoxy) is 1. The molecule has 0 aromatic carbocycles. The van der Waals surface area contributed by atoms with Crippen LogP contribution in [0.15, 0.2) is 6.20 Å². The van der Waals surface area contributed by atoms with Gasteiger partial charge in [-0.2, -0.15) is 0 Å². The summed E-state index contributed by atoms with van der Waals surface area (Å²) >= 11 is 7.64. The van der Waals surface area contributed by atoms with Gasteiger partial charge in [0, 0.05) is 18.1 Å². The minimum Gasteiger partial charge on any atom is -0.380 e. The lowest BCUT2D eigenvalue weighted by Gasteiger charge is -2.40. The van der Waals surface area contributed by atoms with Crippen molar-refractivity contribution < 1.29 is 4.74 Å². The van der Waals surface area contributed by atoms with E-state index in [-0.39, 0.29) is 5.41 Å². The van der Waals surface area contributed by atoms with Crippen molar-refractivity contribution in [3.05, 3.63) is 15.5 Å². The third-order valence-electron chi connectivity index (χ3n) is 4.32. The molecule has 0 amide bonds. The number of aromatic nitrogens is 1. The molecule has 1 atom stereocenters. The number of thiazole rings is 1. The normalized spacial score (nSPS) is 28.7. The maximum Gasteiger partial charge on any atom is 0.113 e. The Balaban J connectivity index is 1.65. The molecule has 2 fully saturated rings. The van der Waals surface area contributed by atoms with Gasteiger partial charge in [-0.25, -0.2) is 4.98 Å². The number of nitrogens with zero attached hydrogens (tertiary/aromatic N) is 2. The van der Waals surface area contributed by atoms with E-state index in [2.05, 4.69) is 16.8 Å². The Morgan fingerprint density at radius 1 is 1.50 bits per heavy atom. The molecule has 0 saturated carbocycles. The maximum absolute atomic E-state index is 6.00. The van der Waals surface area contributed by atoms with Gasteiger partial charge in [-0.1, -0.05) is 18.5 Å². The van der Waals surface area contributed by atoms with Crippen LogP contribution in [0.5, 0.6) is 0 Å². The first kappa shape index (κ1) is 12.9. The highest BCUT2D eigenvalue weighted by Gasteiger charge is 2.36. The van der Waals surface area contributed by atoms with Gasteiger partial charge < -0.3 is 4.74 Å². The Labute approximate surface area is 117 Å². The Morgan fingerprint density at radius 2 is 2.28 bits per heavy atom. The molecule has 0 unspecified atom stereocenters. The van der Waals surface area contributed by atoms with Crippen molar-refractivity contribution in [3.8, 4) is 0 Å². The van der Waals surface area contributed by atoms with Crippen molar-refractivity contribution in [2.24, 2.45) is 0 Å². The third kappa shape index (κ3) is 2.44. The fourth-order valence-corrected chi connectivity index (χ4v) is 4.05. The minimum absolute atomic E-state index is 0.216. The van der Waals surface area contributed by atoms with Gasteiger partial charge in [0.2, 0.25) is 0 Å². The zero-order valence-electron chi connectivity index (χ0n) is 10.7. The summed E-state index contributed by atoms with van der Waals surface area (Å²) < 4.78 is 6.28. The van der Waals surface area contributed by atoms with E-state index in [1.165, 1.54) is 24.3 Å². The number of hydrogen-bond acceptors (Lipinski definition) is 4. The molecule has 5 heteroatoms. The van der Waals surface area contributed by atoms with Crippen LogP contribution in [-0.4, -0.2) is 42.2 Å². The van der Waals surface area contributed by atoms with E-state index in [1.807, 2.05) is 0 Å². The highest BCUT2D eigenvalue weighted by molar-refractivity contribution is 7.15. The molecule has 0 bridgehead atoms. The zero-order valence-corrected chi connectivity index (χ0v) is 12.3. The summed E-state index contributed by atoms with van der Waals surface area (Å²) in [7, 11) is 0. The predicted octanol–water partition coefficient (Wildman–Crippen LogP) is 2.94. The van der Waals surface area contributed by atoms with Gasteiger partial charge in [-0.3, -0.25) is 4.90 Å². The lowest BCUT2D eigenvalue weighted by Crippen LogP contribution is -2.46. The first-order valence-corrected chi connectivity index (χ1v) is 7.80. The van der Waals surface area contributed by atoms with E-state index in [0.717, 1.165) is 30.6 Å². The molecule has 2 saturated heterocycles. The molecule has 100 valence electrons. The van der Waals surface area contributed by atoms with Crippen LogP contribution in [0.2, 0.25) is 4.34 Å². The first-order valence-electron chi connectivity index (χ1n) is 6.61. The summed E-state index contributed by atoms with van der Waals surface area (Å²) in [6.07, 6.45) is 5.32. The number of likely N-dealkylation sites (tertiary alicyclic amines) is 1. The Morgan fingerprint density at radius 3 is 2.83 bits per heavy atom. The highest BCUT2D eigenvalue weighted by Crippen LogP contribution is 2.39. The number of piperidine rings is 1. The van der Waals surface area contributed by atoms with Crippen LogP contribution < -0.4 is 0 Å². The number of rotatable bonds is 2. The molecule has 3 rings (SSSR count). The first-order chi connectivity index (χ1) is 8.67. The second-order valence-electron chi connectivity index (χ2n) is 5.58.